The van der Waals surface area contributed by atoms with Crippen LogP contribution in [0, 0.1) is 6.92 Å². The molecule has 0 saturated heterocycles. The maximum Gasteiger partial charge on any atom is 0.224 e. The lowest BCUT2D eigenvalue weighted by Crippen LogP contribution is -2.02. The van der Waals surface area contributed by atoms with Crippen molar-refractivity contribution < 1.29 is 4.74 Å². The van der Waals surface area contributed by atoms with Crippen molar-refractivity contribution in [3.8, 4) is 11.6 Å². The van der Waals surface area contributed by atoms with Gasteiger partial charge in [-0.05, 0) is 36.5 Å². The van der Waals surface area contributed by atoms with Crippen molar-refractivity contribution in [3.63, 3.8) is 0 Å². The highest BCUT2D eigenvalue weighted by Crippen LogP contribution is 2.31. The molecule has 0 aliphatic carbocycles. The zero-order valence-electron chi connectivity index (χ0n) is 13.2. The minimum atomic E-state index is 0.384. The molecule has 2 N–H and O–H groups in total. The minimum Gasteiger partial charge on any atom is -0.439 e. The largest absolute Gasteiger partial charge is 0.439 e. The first-order valence-corrected chi connectivity index (χ1v) is 7.41. The Morgan fingerprint density at radius 2 is 1.95 bits per heavy atom. The van der Waals surface area contributed by atoms with Crippen LogP contribution in [0.5, 0.6) is 11.6 Å². The number of aromatic nitrogens is 2. The fourth-order valence-electron chi connectivity index (χ4n) is 2.20. The number of hydrogen-bond acceptors (Lipinski definition) is 4. The molecule has 0 bridgehead atoms. The molecule has 1 heterocycles. The summed E-state index contributed by atoms with van der Waals surface area (Å²) in [7, 11) is 0. The molecule has 0 atom stereocenters. The molecule has 0 aliphatic rings. The predicted octanol–water partition coefficient (Wildman–Crippen LogP) is 4.24. The van der Waals surface area contributed by atoms with E-state index in [1.807, 2.05) is 13.0 Å². The fourth-order valence-corrected chi connectivity index (χ4v) is 2.20. The van der Waals surface area contributed by atoms with Crippen LogP contribution in [0.15, 0.2) is 24.3 Å². The van der Waals surface area contributed by atoms with Crippen LogP contribution in [0.4, 0.5) is 5.82 Å². The number of anilines is 1. The lowest BCUT2D eigenvalue weighted by Gasteiger charge is -2.14. The normalized spacial score (nSPS) is 10.9. The standard InChI is InChI=1S/C17H23N3O/c1-5-6-16-19-15(18)10-17(20-16)21-14-9-12(4)7-8-13(14)11(2)3/h7-11H,5-6H2,1-4H3,(H2,18,19,20). The van der Waals surface area contributed by atoms with Crippen molar-refractivity contribution in [1.82, 2.24) is 9.97 Å². The summed E-state index contributed by atoms with van der Waals surface area (Å²) in [5.41, 5.74) is 8.16. The van der Waals surface area contributed by atoms with Gasteiger partial charge in [-0.25, -0.2) is 4.98 Å². The molecule has 1 aromatic carbocycles. The number of benzene rings is 1. The van der Waals surface area contributed by atoms with E-state index in [4.69, 9.17) is 10.5 Å². The van der Waals surface area contributed by atoms with Gasteiger partial charge in [0.25, 0.3) is 0 Å². The molecule has 0 fully saturated rings. The van der Waals surface area contributed by atoms with Crippen LogP contribution in [0.25, 0.3) is 0 Å². The van der Waals surface area contributed by atoms with Gasteiger partial charge in [0, 0.05) is 12.5 Å². The van der Waals surface area contributed by atoms with E-state index in [1.165, 1.54) is 0 Å². The van der Waals surface area contributed by atoms with Crippen LogP contribution in [0.3, 0.4) is 0 Å². The second-order valence-corrected chi connectivity index (χ2v) is 5.60. The van der Waals surface area contributed by atoms with Crippen LogP contribution in [0.2, 0.25) is 0 Å². The Labute approximate surface area is 126 Å². The molecule has 4 nitrogen and oxygen atoms in total. The van der Waals surface area contributed by atoms with Gasteiger partial charge in [0.05, 0.1) is 0 Å². The van der Waals surface area contributed by atoms with Gasteiger partial charge in [-0.1, -0.05) is 32.9 Å². The van der Waals surface area contributed by atoms with Gasteiger partial charge < -0.3 is 10.5 Å². The highest BCUT2D eigenvalue weighted by Gasteiger charge is 2.11. The summed E-state index contributed by atoms with van der Waals surface area (Å²) in [5, 5.41) is 0. The van der Waals surface area contributed by atoms with Crippen LogP contribution in [0.1, 0.15) is 50.1 Å². The Balaban J connectivity index is 2.35. The van der Waals surface area contributed by atoms with E-state index in [2.05, 4.69) is 42.9 Å². The van der Waals surface area contributed by atoms with Crippen molar-refractivity contribution >= 4 is 5.82 Å². The molecular formula is C17H23N3O. The SMILES string of the molecule is CCCc1nc(N)cc(Oc2cc(C)ccc2C(C)C)n1. The van der Waals surface area contributed by atoms with Crippen LogP contribution < -0.4 is 10.5 Å². The maximum absolute atomic E-state index is 5.99. The first-order valence-electron chi connectivity index (χ1n) is 7.41. The van der Waals surface area contributed by atoms with Gasteiger partial charge in [-0.3, -0.25) is 0 Å². The van der Waals surface area contributed by atoms with Crippen molar-refractivity contribution in [2.75, 3.05) is 5.73 Å². The van der Waals surface area contributed by atoms with Gasteiger partial charge in [0.15, 0.2) is 0 Å². The maximum atomic E-state index is 5.99. The zero-order chi connectivity index (χ0) is 15.4. The number of hydrogen-bond donors (Lipinski definition) is 1. The van der Waals surface area contributed by atoms with Crippen LogP contribution in [-0.4, -0.2) is 9.97 Å². The molecule has 0 radical (unpaired) electrons. The summed E-state index contributed by atoms with van der Waals surface area (Å²) in [6.45, 7) is 8.43. The molecule has 1 aromatic heterocycles. The van der Waals surface area contributed by atoms with Crippen LogP contribution >= 0.6 is 0 Å². The van der Waals surface area contributed by atoms with Gasteiger partial charge in [-0.2, -0.15) is 4.98 Å². The van der Waals surface area contributed by atoms with E-state index in [-0.39, 0.29) is 0 Å². The third-order valence-electron chi connectivity index (χ3n) is 3.25. The summed E-state index contributed by atoms with van der Waals surface area (Å²) in [6, 6.07) is 7.91. The third kappa shape index (κ3) is 3.94. The van der Waals surface area contributed by atoms with Crippen molar-refractivity contribution in [2.45, 2.75) is 46.5 Å². The summed E-state index contributed by atoms with van der Waals surface area (Å²) < 4.78 is 5.99. The minimum absolute atomic E-state index is 0.384. The van der Waals surface area contributed by atoms with E-state index in [1.54, 1.807) is 6.07 Å². The first-order chi connectivity index (χ1) is 9.99. The third-order valence-corrected chi connectivity index (χ3v) is 3.25. The molecule has 112 valence electrons. The second-order valence-electron chi connectivity index (χ2n) is 5.60. The molecule has 0 spiro atoms. The van der Waals surface area contributed by atoms with Gasteiger partial charge in [-0.15, -0.1) is 0 Å². The average molecular weight is 285 g/mol. The lowest BCUT2D eigenvalue weighted by molar-refractivity contribution is 0.450. The summed E-state index contributed by atoms with van der Waals surface area (Å²) in [4.78, 5) is 8.66. The molecule has 21 heavy (non-hydrogen) atoms. The Hall–Kier alpha value is -2.10. The Morgan fingerprint density at radius 3 is 2.62 bits per heavy atom. The van der Waals surface area contributed by atoms with E-state index in [9.17, 15) is 0 Å². The lowest BCUT2D eigenvalue weighted by atomic mass is 10.0. The van der Waals surface area contributed by atoms with E-state index in [0.717, 1.165) is 35.5 Å². The van der Waals surface area contributed by atoms with E-state index < -0.39 is 0 Å². The fraction of sp³-hybridized carbons (Fsp3) is 0.412. The zero-order valence-corrected chi connectivity index (χ0v) is 13.2. The highest BCUT2D eigenvalue weighted by molar-refractivity contribution is 5.42. The number of rotatable bonds is 5. The van der Waals surface area contributed by atoms with Gasteiger partial charge >= 0.3 is 0 Å². The number of aryl methyl sites for hydroxylation is 2. The topological polar surface area (TPSA) is 61.0 Å². The monoisotopic (exact) mass is 285 g/mol. The average Bonchev–Trinajstić information content (AvgIpc) is 2.38. The van der Waals surface area contributed by atoms with Gasteiger partial charge in [0.2, 0.25) is 5.88 Å². The number of nitrogen functional groups attached to an aromatic ring is 1. The highest BCUT2D eigenvalue weighted by atomic mass is 16.5. The number of nitrogens with two attached hydrogens (primary N) is 1. The number of ether oxygens (including phenoxy) is 1. The van der Waals surface area contributed by atoms with E-state index in [0.29, 0.717) is 17.6 Å². The van der Waals surface area contributed by atoms with Crippen LogP contribution in [-0.2, 0) is 6.42 Å². The smallest absolute Gasteiger partial charge is 0.224 e. The molecule has 0 saturated carbocycles. The van der Waals surface area contributed by atoms with Crippen molar-refractivity contribution in [3.05, 3.63) is 41.2 Å². The second kappa shape index (κ2) is 6.57. The quantitative estimate of drug-likeness (QED) is 0.892. The Bertz CT molecular complexity index is 623. The summed E-state index contributed by atoms with van der Waals surface area (Å²) in [5.74, 6) is 2.91. The molecule has 2 rings (SSSR count). The first kappa shape index (κ1) is 15.3. The van der Waals surface area contributed by atoms with Gasteiger partial charge in [0.1, 0.15) is 17.4 Å². The predicted molar refractivity (Wildman–Crippen MR) is 85.8 cm³/mol. The molecule has 0 aliphatic heterocycles. The molecule has 4 heteroatoms. The summed E-state index contributed by atoms with van der Waals surface area (Å²) >= 11 is 0. The Morgan fingerprint density at radius 1 is 1.19 bits per heavy atom. The molecule has 2 aromatic rings. The summed E-state index contributed by atoms with van der Waals surface area (Å²) in [6.07, 6.45) is 1.77. The number of nitrogens with zero attached hydrogens (tertiary/aromatic N) is 2. The van der Waals surface area contributed by atoms with E-state index >= 15 is 0 Å². The Kier molecular flexibility index (Phi) is 4.78. The van der Waals surface area contributed by atoms with Crippen molar-refractivity contribution in [1.29, 1.82) is 0 Å². The van der Waals surface area contributed by atoms with Crippen molar-refractivity contribution in [2.24, 2.45) is 0 Å². The molecule has 0 unspecified atom stereocenters. The molecule has 0 amide bonds. The molecular weight excluding hydrogens is 262 g/mol.